The Labute approximate surface area is 79.5 Å². The van der Waals surface area contributed by atoms with Gasteiger partial charge in [0.05, 0.1) is 0 Å². The molecule has 0 aromatic heterocycles. The highest BCUT2D eigenvalue weighted by Gasteiger charge is 2.30. The van der Waals surface area contributed by atoms with Gasteiger partial charge in [0, 0.05) is 20.1 Å². The van der Waals surface area contributed by atoms with Gasteiger partial charge in [-0.1, -0.05) is 0 Å². The van der Waals surface area contributed by atoms with Crippen LogP contribution in [-0.4, -0.2) is 31.1 Å². The molecule has 0 bridgehead atoms. The largest absolute Gasteiger partial charge is 0.341 e. The van der Waals surface area contributed by atoms with Gasteiger partial charge in [-0.2, -0.15) is 0 Å². The summed E-state index contributed by atoms with van der Waals surface area (Å²) in [6.07, 6.45) is 5.27. The average molecular weight is 182 g/mol. The summed E-state index contributed by atoms with van der Waals surface area (Å²) in [5.41, 5.74) is 0. The minimum absolute atomic E-state index is 0.110. The third kappa shape index (κ3) is 2.61. The number of nitrogens with one attached hydrogen (secondary N) is 1. The van der Waals surface area contributed by atoms with Crippen LogP contribution in [0.1, 0.15) is 25.7 Å². The van der Waals surface area contributed by atoms with Crippen LogP contribution in [-0.2, 0) is 0 Å². The normalized spacial score (nSPS) is 21.3. The standard InChI is InChI=1S/C10H18N2O/c1-11-10(13)12(6-8-2-3-8)7-9-4-5-9/h8-9H,2-7H2,1H3,(H,11,13). The Morgan fingerprint density at radius 2 is 1.69 bits per heavy atom. The number of carbonyl (C=O) groups is 1. The summed E-state index contributed by atoms with van der Waals surface area (Å²) < 4.78 is 0. The maximum atomic E-state index is 11.5. The van der Waals surface area contributed by atoms with E-state index in [-0.39, 0.29) is 6.03 Å². The van der Waals surface area contributed by atoms with Crippen LogP contribution in [0.5, 0.6) is 0 Å². The highest BCUT2D eigenvalue weighted by Crippen LogP contribution is 2.33. The van der Waals surface area contributed by atoms with E-state index >= 15 is 0 Å². The van der Waals surface area contributed by atoms with Gasteiger partial charge in [0.1, 0.15) is 0 Å². The van der Waals surface area contributed by atoms with E-state index in [1.165, 1.54) is 25.7 Å². The molecule has 3 heteroatoms. The first-order valence-electron chi connectivity index (χ1n) is 5.26. The van der Waals surface area contributed by atoms with Crippen LogP contribution in [0.3, 0.4) is 0 Å². The molecule has 0 unspecified atom stereocenters. The quantitative estimate of drug-likeness (QED) is 0.701. The van der Waals surface area contributed by atoms with E-state index in [9.17, 15) is 4.79 Å². The maximum Gasteiger partial charge on any atom is 0.317 e. The van der Waals surface area contributed by atoms with Gasteiger partial charge in [0.15, 0.2) is 0 Å². The molecule has 0 aromatic carbocycles. The molecule has 2 aliphatic carbocycles. The van der Waals surface area contributed by atoms with Crippen molar-refractivity contribution in [2.45, 2.75) is 25.7 Å². The molecule has 2 aliphatic rings. The van der Waals surface area contributed by atoms with Crippen molar-refractivity contribution in [3.8, 4) is 0 Å². The zero-order valence-electron chi connectivity index (χ0n) is 8.25. The summed E-state index contributed by atoms with van der Waals surface area (Å²) in [5.74, 6) is 1.60. The zero-order chi connectivity index (χ0) is 9.26. The predicted molar refractivity (Wildman–Crippen MR) is 51.5 cm³/mol. The lowest BCUT2D eigenvalue weighted by Crippen LogP contribution is -2.40. The first-order chi connectivity index (χ1) is 6.29. The molecular formula is C10H18N2O. The zero-order valence-corrected chi connectivity index (χ0v) is 8.25. The van der Waals surface area contributed by atoms with Crippen molar-refractivity contribution in [2.24, 2.45) is 11.8 Å². The van der Waals surface area contributed by atoms with Crippen LogP contribution in [0, 0.1) is 11.8 Å². The van der Waals surface area contributed by atoms with Crippen molar-refractivity contribution in [2.75, 3.05) is 20.1 Å². The molecule has 0 aliphatic heterocycles. The Hall–Kier alpha value is -0.730. The predicted octanol–water partition coefficient (Wildman–Crippen LogP) is 1.45. The van der Waals surface area contributed by atoms with Crippen LogP contribution >= 0.6 is 0 Å². The lowest BCUT2D eigenvalue weighted by Gasteiger charge is -2.21. The molecule has 0 spiro atoms. The number of nitrogens with zero attached hydrogens (tertiary/aromatic N) is 1. The summed E-state index contributed by atoms with van der Waals surface area (Å²) in [4.78, 5) is 13.4. The topological polar surface area (TPSA) is 32.3 Å². The molecule has 0 aromatic rings. The van der Waals surface area contributed by atoms with Crippen LogP contribution in [0.2, 0.25) is 0 Å². The Bertz CT molecular complexity index is 183. The lowest BCUT2D eigenvalue weighted by molar-refractivity contribution is 0.195. The van der Waals surface area contributed by atoms with Gasteiger partial charge >= 0.3 is 6.03 Å². The van der Waals surface area contributed by atoms with Crippen LogP contribution < -0.4 is 5.32 Å². The second kappa shape index (κ2) is 3.56. The Balaban J connectivity index is 1.80. The van der Waals surface area contributed by atoms with Crippen LogP contribution in [0.15, 0.2) is 0 Å². The molecule has 0 atom stereocenters. The number of amides is 2. The van der Waals surface area contributed by atoms with Gasteiger partial charge in [0.25, 0.3) is 0 Å². The van der Waals surface area contributed by atoms with E-state index in [2.05, 4.69) is 5.32 Å². The molecule has 0 heterocycles. The number of carbonyl (C=O) groups excluding carboxylic acids is 1. The van der Waals surface area contributed by atoms with Crippen molar-refractivity contribution in [1.82, 2.24) is 10.2 Å². The fraction of sp³-hybridized carbons (Fsp3) is 0.900. The molecule has 2 saturated carbocycles. The van der Waals surface area contributed by atoms with Crippen LogP contribution in [0.4, 0.5) is 4.79 Å². The van der Waals surface area contributed by atoms with Gasteiger partial charge in [-0.15, -0.1) is 0 Å². The minimum Gasteiger partial charge on any atom is -0.341 e. The fourth-order valence-electron chi connectivity index (χ4n) is 1.62. The molecular weight excluding hydrogens is 164 g/mol. The second-order valence-electron chi connectivity index (χ2n) is 4.35. The average Bonchev–Trinajstić information content (AvgIpc) is 2.94. The van der Waals surface area contributed by atoms with Gasteiger partial charge in [-0.3, -0.25) is 0 Å². The second-order valence-corrected chi connectivity index (χ2v) is 4.35. The maximum absolute atomic E-state index is 11.5. The smallest absolute Gasteiger partial charge is 0.317 e. The summed E-state index contributed by atoms with van der Waals surface area (Å²) in [5, 5.41) is 2.72. The number of hydrogen-bond donors (Lipinski definition) is 1. The number of urea groups is 1. The molecule has 2 rings (SSSR count). The summed E-state index contributed by atoms with van der Waals surface area (Å²) >= 11 is 0. The van der Waals surface area contributed by atoms with Gasteiger partial charge in [0.2, 0.25) is 0 Å². The van der Waals surface area contributed by atoms with E-state index < -0.39 is 0 Å². The van der Waals surface area contributed by atoms with Crippen molar-refractivity contribution < 1.29 is 4.79 Å². The van der Waals surface area contributed by atoms with Crippen molar-refractivity contribution in [1.29, 1.82) is 0 Å². The molecule has 3 nitrogen and oxygen atoms in total. The van der Waals surface area contributed by atoms with Crippen molar-refractivity contribution in [3.05, 3.63) is 0 Å². The molecule has 74 valence electrons. The molecule has 2 amide bonds. The number of hydrogen-bond acceptors (Lipinski definition) is 1. The lowest BCUT2D eigenvalue weighted by atomic mass is 10.3. The van der Waals surface area contributed by atoms with Gasteiger partial charge < -0.3 is 10.2 Å². The Morgan fingerprint density at radius 1 is 1.23 bits per heavy atom. The molecule has 0 saturated heterocycles. The Morgan fingerprint density at radius 3 is 2.00 bits per heavy atom. The SMILES string of the molecule is CNC(=O)N(CC1CC1)CC1CC1. The van der Waals surface area contributed by atoms with E-state index in [1.54, 1.807) is 7.05 Å². The highest BCUT2D eigenvalue weighted by atomic mass is 16.2. The van der Waals surface area contributed by atoms with E-state index in [1.807, 2.05) is 4.90 Å². The third-order valence-electron chi connectivity index (χ3n) is 2.85. The monoisotopic (exact) mass is 182 g/mol. The van der Waals surface area contributed by atoms with Crippen molar-refractivity contribution >= 4 is 6.03 Å². The molecule has 1 N–H and O–H groups in total. The summed E-state index contributed by atoms with van der Waals surface area (Å²) in [6, 6.07) is 0.110. The Kier molecular flexibility index (Phi) is 2.42. The fourth-order valence-corrected chi connectivity index (χ4v) is 1.62. The van der Waals surface area contributed by atoms with Crippen LogP contribution in [0.25, 0.3) is 0 Å². The van der Waals surface area contributed by atoms with Gasteiger partial charge in [-0.05, 0) is 37.5 Å². The first kappa shape index (κ1) is 8.85. The highest BCUT2D eigenvalue weighted by molar-refractivity contribution is 5.73. The van der Waals surface area contributed by atoms with Crippen molar-refractivity contribution in [3.63, 3.8) is 0 Å². The summed E-state index contributed by atoms with van der Waals surface area (Å²) in [7, 11) is 1.72. The number of rotatable bonds is 4. The van der Waals surface area contributed by atoms with E-state index in [0.29, 0.717) is 0 Å². The minimum atomic E-state index is 0.110. The summed E-state index contributed by atoms with van der Waals surface area (Å²) in [6.45, 7) is 1.96. The van der Waals surface area contributed by atoms with Gasteiger partial charge in [-0.25, -0.2) is 4.79 Å². The molecule has 0 radical (unpaired) electrons. The third-order valence-corrected chi connectivity index (χ3v) is 2.85. The van der Waals surface area contributed by atoms with E-state index in [0.717, 1.165) is 24.9 Å². The molecule has 2 fully saturated rings. The first-order valence-corrected chi connectivity index (χ1v) is 5.26. The molecule has 13 heavy (non-hydrogen) atoms. The van der Waals surface area contributed by atoms with E-state index in [4.69, 9.17) is 0 Å².